The zero-order valence-corrected chi connectivity index (χ0v) is 9.70. The van der Waals surface area contributed by atoms with Crippen molar-refractivity contribution in [3.8, 4) is 0 Å². The Labute approximate surface area is 100 Å². The molecule has 0 aliphatic carbocycles. The zero-order valence-electron chi connectivity index (χ0n) is 9.70. The van der Waals surface area contributed by atoms with Crippen molar-refractivity contribution in [2.24, 2.45) is 0 Å². The lowest BCUT2D eigenvalue weighted by Crippen LogP contribution is -2.13. The largest absolute Gasteiger partial charge is 0.302 e. The predicted octanol–water partition coefficient (Wildman–Crippen LogP) is 3.33. The summed E-state index contributed by atoms with van der Waals surface area (Å²) in [6.45, 7) is 2.98. The van der Waals surface area contributed by atoms with Crippen molar-refractivity contribution in [3.05, 3.63) is 70.5 Å². The van der Waals surface area contributed by atoms with Crippen LogP contribution in [0, 0.1) is 12.7 Å². The molecule has 0 amide bonds. The number of benzene rings is 2. The molecule has 1 N–H and O–H groups in total. The highest BCUT2D eigenvalue weighted by Gasteiger charge is 2.24. The lowest BCUT2D eigenvalue weighted by molar-refractivity contribution is 0.614. The molecule has 0 saturated carbocycles. The van der Waals surface area contributed by atoms with Gasteiger partial charge in [-0.15, -0.1) is 0 Å². The van der Waals surface area contributed by atoms with Crippen LogP contribution in [0.4, 0.5) is 4.39 Å². The van der Waals surface area contributed by atoms with Crippen LogP contribution in [0.1, 0.15) is 28.3 Å². The van der Waals surface area contributed by atoms with E-state index in [9.17, 15) is 4.39 Å². The molecule has 0 fully saturated rings. The molecule has 2 heteroatoms. The van der Waals surface area contributed by atoms with Crippen molar-refractivity contribution in [1.82, 2.24) is 5.32 Å². The van der Waals surface area contributed by atoms with Gasteiger partial charge in [-0.25, -0.2) is 4.39 Å². The normalized spacial score (nSPS) is 18.1. The van der Waals surface area contributed by atoms with Gasteiger partial charge in [-0.2, -0.15) is 0 Å². The number of hydrogen-bond donors (Lipinski definition) is 1. The molecule has 3 rings (SSSR count). The Morgan fingerprint density at radius 2 is 2.00 bits per heavy atom. The maximum atomic E-state index is 13.2. The second-order valence-electron chi connectivity index (χ2n) is 4.51. The van der Waals surface area contributed by atoms with Gasteiger partial charge in [-0.1, -0.05) is 30.3 Å². The summed E-state index contributed by atoms with van der Waals surface area (Å²) in [5.74, 6) is -0.176. The average Bonchev–Trinajstić information content (AvgIpc) is 2.74. The summed E-state index contributed by atoms with van der Waals surface area (Å²) < 4.78 is 13.2. The van der Waals surface area contributed by atoms with E-state index in [1.165, 1.54) is 22.8 Å². The van der Waals surface area contributed by atoms with Crippen molar-refractivity contribution in [2.75, 3.05) is 0 Å². The molecule has 0 aromatic heterocycles. The third-order valence-electron chi connectivity index (χ3n) is 3.42. The van der Waals surface area contributed by atoms with Crippen LogP contribution < -0.4 is 5.32 Å². The van der Waals surface area contributed by atoms with Crippen LogP contribution in [-0.2, 0) is 6.54 Å². The summed E-state index contributed by atoms with van der Waals surface area (Å²) in [7, 11) is 0. The molecule has 17 heavy (non-hydrogen) atoms. The molecular weight excluding hydrogens is 213 g/mol. The molecule has 0 spiro atoms. The number of fused-ring (bicyclic) bond motifs is 1. The van der Waals surface area contributed by atoms with Crippen LogP contribution in [0.25, 0.3) is 0 Å². The summed E-state index contributed by atoms with van der Waals surface area (Å²) in [6.07, 6.45) is 0. The quantitative estimate of drug-likeness (QED) is 0.788. The van der Waals surface area contributed by atoms with Gasteiger partial charge in [0, 0.05) is 6.54 Å². The molecule has 1 heterocycles. The maximum absolute atomic E-state index is 13.2. The van der Waals surface area contributed by atoms with Crippen LogP contribution in [0.3, 0.4) is 0 Å². The van der Waals surface area contributed by atoms with Gasteiger partial charge in [0.15, 0.2) is 0 Å². The Morgan fingerprint density at radius 3 is 2.82 bits per heavy atom. The summed E-state index contributed by atoms with van der Waals surface area (Å²) in [5.41, 5.74) is 4.92. The number of halogens is 1. The van der Waals surface area contributed by atoms with E-state index in [4.69, 9.17) is 0 Å². The van der Waals surface area contributed by atoms with Gasteiger partial charge < -0.3 is 5.32 Å². The molecule has 0 saturated heterocycles. The molecule has 86 valence electrons. The number of hydrogen-bond acceptors (Lipinski definition) is 1. The fourth-order valence-corrected chi connectivity index (χ4v) is 2.53. The SMILES string of the molecule is Cc1cccc2c1CNC2c1cccc(F)c1. The first kappa shape index (κ1) is 10.5. The molecule has 0 radical (unpaired) electrons. The Kier molecular flexibility index (Phi) is 2.45. The molecule has 0 bridgehead atoms. The van der Waals surface area contributed by atoms with Crippen LogP contribution >= 0.6 is 0 Å². The van der Waals surface area contributed by atoms with Crippen LogP contribution in [-0.4, -0.2) is 0 Å². The van der Waals surface area contributed by atoms with Crippen molar-refractivity contribution >= 4 is 0 Å². The standard InChI is InChI=1S/C15H14FN/c1-10-4-2-7-13-14(10)9-17-15(13)11-5-3-6-12(16)8-11/h2-8,15,17H,9H2,1H3. The first-order valence-electron chi connectivity index (χ1n) is 5.83. The highest BCUT2D eigenvalue weighted by Crippen LogP contribution is 2.32. The Hall–Kier alpha value is -1.67. The second-order valence-corrected chi connectivity index (χ2v) is 4.51. The fourth-order valence-electron chi connectivity index (χ4n) is 2.53. The van der Waals surface area contributed by atoms with Crippen molar-refractivity contribution in [2.45, 2.75) is 19.5 Å². The van der Waals surface area contributed by atoms with Gasteiger partial charge in [0.1, 0.15) is 5.82 Å². The molecule has 1 aliphatic heterocycles. The van der Waals surface area contributed by atoms with Crippen molar-refractivity contribution in [3.63, 3.8) is 0 Å². The first-order chi connectivity index (χ1) is 8.25. The number of nitrogens with one attached hydrogen (secondary N) is 1. The Bertz CT molecular complexity index is 563. The van der Waals surface area contributed by atoms with Crippen molar-refractivity contribution < 1.29 is 4.39 Å². The van der Waals surface area contributed by atoms with E-state index < -0.39 is 0 Å². The molecular formula is C15H14FN. The van der Waals surface area contributed by atoms with E-state index in [2.05, 4.69) is 30.4 Å². The minimum absolute atomic E-state index is 0.126. The van der Waals surface area contributed by atoms with Crippen LogP contribution in [0.2, 0.25) is 0 Å². The molecule has 2 aromatic rings. The van der Waals surface area contributed by atoms with E-state index in [-0.39, 0.29) is 11.9 Å². The fraction of sp³-hybridized carbons (Fsp3) is 0.200. The summed E-state index contributed by atoms with van der Waals surface area (Å²) in [5, 5.41) is 3.44. The monoisotopic (exact) mass is 227 g/mol. The van der Waals surface area contributed by atoms with E-state index in [0.29, 0.717) is 0 Å². The van der Waals surface area contributed by atoms with E-state index in [1.807, 2.05) is 6.07 Å². The van der Waals surface area contributed by atoms with E-state index in [0.717, 1.165) is 12.1 Å². The molecule has 1 unspecified atom stereocenters. The number of aryl methyl sites for hydroxylation is 1. The van der Waals surface area contributed by atoms with E-state index in [1.54, 1.807) is 12.1 Å². The number of rotatable bonds is 1. The van der Waals surface area contributed by atoms with Gasteiger partial charge >= 0.3 is 0 Å². The predicted molar refractivity (Wildman–Crippen MR) is 66.3 cm³/mol. The molecule has 2 aromatic carbocycles. The smallest absolute Gasteiger partial charge is 0.123 e. The van der Waals surface area contributed by atoms with Gasteiger partial charge in [-0.05, 0) is 41.3 Å². The summed E-state index contributed by atoms with van der Waals surface area (Å²) >= 11 is 0. The first-order valence-corrected chi connectivity index (χ1v) is 5.83. The molecule has 1 aliphatic rings. The lowest BCUT2D eigenvalue weighted by atomic mass is 9.96. The topological polar surface area (TPSA) is 12.0 Å². The Balaban J connectivity index is 2.07. The average molecular weight is 227 g/mol. The third kappa shape index (κ3) is 1.75. The van der Waals surface area contributed by atoms with E-state index >= 15 is 0 Å². The van der Waals surface area contributed by atoms with Crippen LogP contribution in [0.5, 0.6) is 0 Å². The van der Waals surface area contributed by atoms with Crippen molar-refractivity contribution in [1.29, 1.82) is 0 Å². The minimum Gasteiger partial charge on any atom is -0.302 e. The summed E-state index contributed by atoms with van der Waals surface area (Å²) in [6, 6.07) is 13.3. The zero-order chi connectivity index (χ0) is 11.8. The van der Waals surface area contributed by atoms with Crippen LogP contribution in [0.15, 0.2) is 42.5 Å². The maximum Gasteiger partial charge on any atom is 0.123 e. The second kappa shape index (κ2) is 3.97. The highest BCUT2D eigenvalue weighted by atomic mass is 19.1. The molecule has 1 nitrogen and oxygen atoms in total. The lowest BCUT2D eigenvalue weighted by Gasteiger charge is -2.12. The third-order valence-corrected chi connectivity index (χ3v) is 3.42. The van der Waals surface area contributed by atoms with Gasteiger partial charge in [-0.3, -0.25) is 0 Å². The summed E-state index contributed by atoms with van der Waals surface area (Å²) in [4.78, 5) is 0. The van der Waals surface area contributed by atoms with Gasteiger partial charge in [0.25, 0.3) is 0 Å². The highest BCUT2D eigenvalue weighted by molar-refractivity contribution is 5.44. The Morgan fingerprint density at radius 1 is 1.18 bits per heavy atom. The molecule has 1 atom stereocenters. The van der Waals surface area contributed by atoms with Gasteiger partial charge in [0.2, 0.25) is 0 Å². The van der Waals surface area contributed by atoms with Gasteiger partial charge in [0.05, 0.1) is 6.04 Å². The minimum atomic E-state index is -0.176.